The highest BCUT2D eigenvalue weighted by molar-refractivity contribution is 5.99. The van der Waals surface area contributed by atoms with Gasteiger partial charge in [-0.1, -0.05) is 0 Å². The molecule has 1 aromatic rings. The summed E-state index contributed by atoms with van der Waals surface area (Å²) in [5.41, 5.74) is 1.11. The Hall–Kier alpha value is -1.33. The minimum atomic E-state index is -0.103. The molecule has 2 unspecified atom stereocenters. The lowest BCUT2D eigenvalue weighted by molar-refractivity contribution is 0.0917. The van der Waals surface area contributed by atoms with Gasteiger partial charge in [-0.25, -0.2) is 0 Å². The summed E-state index contributed by atoms with van der Waals surface area (Å²) in [4.78, 5) is 23.5. The van der Waals surface area contributed by atoms with Crippen molar-refractivity contribution in [2.45, 2.75) is 38.8 Å². The summed E-state index contributed by atoms with van der Waals surface area (Å²) in [6.45, 7) is 4.55. The molecule has 1 aliphatic rings. The first-order valence-corrected chi connectivity index (χ1v) is 6.69. The molecule has 2 N–H and O–H groups in total. The molecule has 0 radical (unpaired) electrons. The SMILES string of the molecule is CC(=O)c1cc(C(=O)NC2CCNC(C)C2)n(C)c1.Cl. The molecule has 1 amide bonds. The topological polar surface area (TPSA) is 63.1 Å². The molecule has 1 saturated heterocycles. The van der Waals surface area contributed by atoms with Crippen LogP contribution in [0.5, 0.6) is 0 Å². The zero-order valence-electron chi connectivity index (χ0n) is 12.1. The van der Waals surface area contributed by atoms with E-state index in [0.717, 1.165) is 19.4 Å². The minimum absolute atomic E-state index is 0. The van der Waals surface area contributed by atoms with Crippen LogP contribution in [0.25, 0.3) is 0 Å². The van der Waals surface area contributed by atoms with Gasteiger partial charge in [0, 0.05) is 30.9 Å². The number of aromatic nitrogens is 1. The highest BCUT2D eigenvalue weighted by Crippen LogP contribution is 2.12. The van der Waals surface area contributed by atoms with Crippen molar-refractivity contribution in [1.82, 2.24) is 15.2 Å². The minimum Gasteiger partial charge on any atom is -0.348 e. The number of halogens is 1. The molecule has 1 fully saturated rings. The maximum atomic E-state index is 12.2. The highest BCUT2D eigenvalue weighted by atomic mass is 35.5. The third-order valence-electron chi connectivity index (χ3n) is 3.60. The number of hydrogen-bond acceptors (Lipinski definition) is 3. The molecular formula is C14H22ClN3O2. The van der Waals surface area contributed by atoms with Crippen LogP contribution in [-0.4, -0.2) is 34.9 Å². The zero-order chi connectivity index (χ0) is 14.0. The van der Waals surface area contributed by atoms with Crippen molar-refractivity contribution in [3.8, 4) is 0 Å². The molecule has 6 heteroatoms. The number of amides is 1. The van der Waals surface area contributed by atoms with Gasteiger partial charge in [0.05, 0.1) is 0 Å². The predicted molar refractivity (Wildman–Crippen MR) is 80.6 cm³/mol. The van der Waals surface area contributed by atoms with Gasteiger partial charge in [0.25, 0.3) is 5.91 Å². The number of aryl methyl sites for hydroxylation is 1. The van der Waals surface area contributed by atoms with Crippen LogP contribution >= 0.6 is 12.4 Å². The Bertz CT molecular complexity index is 499. The number of ketones is 1. The average molecular weight is 300 g/mol. The Kier molecular flexibility index (Phi) is 5.77. The number of hydrogen-bond donors (Lipinski definition) is 2. The van der Waals surface area contributed by atoms with E-state index in [2.05, 4.69) is 17.6 Å². The number of piperidine rings is 1. The van der Waals surface area contributed by atoms with Gasteiger partial charge in [-0.05, 0) is 39.3 Å². The Morgan fingerprint density at radius 1 is 1.45 bits per heavy atom. The maximum Gasteiger partial charge on any atom is 0.268 e. The molecule has 20 heavy (non-hydrogen) atoms. The van der Waals surface area contributed by atoms with Gasteiger partial charge < -0.3 is 15.2 Å². The average Bonchev–Trinajstić information content (AvgIpc) is 2.71. The van der Waals surface area contributed by atoms with Gasteiger partial charge in [-0.3, -0.25) is 9.59 Å². The van der Waals surface area contributed by atoms with Crippen molar-refractivity contribution in [2.24, 2.45) is 7.05 Å². The number of rotatable bonds is 3. The first kappa shape index (κ1) is 16.7. The van der Waals surface area contributed by atoms with Crippen LogP contribution in [0.15, 0.2) is 12.3 Å². The summed E-state index contributed by atoms with van der Waals surface area (Å²) in [5, 5.41) is 6.40. The fourth-order valence-corrected chi connectivity index (χ4v) is 2.51. The van der Waals surface area contributed by atoms with Crippen molar-refractivity contribution < 1.29 is 9.59 Å². The largest absolute Gasteiger partial charge is 0.348 e. The second kappa shape index (κ2) is 6.90. The molecule has 0 spiro atoms. The van der Waals surface area contributed by atoms with Crippen molar-refractivity contribution in [3.05, 3.63) is 23.5 Å². The van der Waals surface area contributed by atoms with Gasteiger partial charge in [0.15, 0.2) is 5.78 Å². The van der Waals surface area contributed by atoms with Crippen LogP contribution in [-0.2, 0) is 7.05 Å². The standard InChI is InChI=1S/C14H21N3O2.ClH/c1-9-6-12(4-5-15-9)16-14(19)13-7-11(10(2)18)8-17(13)3;/h7-9,12,15H,4-6H2,1-3H3,(H,16,19);1H. The van der Waals surface area contributed by atoms with Crippen LogP contribution in [0.2, 0.25) is 0 Å². The molecule has 0 bridgehead atoms. The second-order valence-corrected chi connectivity index (χ2v) is 5.33. The Morgan fingerprint density at radius 3 is 2.70 bits per heavy atom. The number of carbonyl (C=O) groups is 2. The number of nitrogens with zero attached hydrogens (tertiary/aromatic N) is 1. The molecule has 0 aliphatic carbocycles. The highest BCUT2D eigenvalue weighted by Gasteiger charge is 2.22. The first-order valence-electron chi connectivity index (χ1n) is 6.69. The molecule has 1 aliphatic heterocycles. The lowest BCUT2D eigenvalue weighted by Crippen LogP contribution is -2.46. The van der Waals surface area contributed by atoms with Crippen LogP contribution in [0.3, 0.4) is 0 Å². The van der Waals surface area contributed by atoms with Crippen molar-refractivity contribution >= 4 is 24.1 Å². The Labute approximate surface area is 125 Å². The second-order valence-electron chi connectivity index (χ2n) is 5.33. The van der Waals surface area contributed by atoms with Crippen LogP contribution in [0.4, 0.5) is 0 Å². The molecule has 2 atom stereocenters. The third-order valence-corrected chi connectivity index (χ3v) is 3.60. The molecule has 0 saturated carbocycles. The summed E-state index contributed by atoms with van der Waals surface area (Å²) >= 11 is 0. The van der Waals surface area contributed by atoms with Crippen molar-refractivity contribution in [2.75, 3.05) is 6.54 Å². The molecule has 0 aromatic carbocycles. The van der Waals surface area contributed by atoms with E-state index >= 15 is 0 Å². The van der Waals surface area contributed by atoms with E-state index < -0.39 is 0 Å². The summed E-state index contributed by atoms with van der Waals surface area (Å²) in [5.74, 6) is -0.126. The zero-order valence-corrected chi connectivity index (χ0v) is 12.9. The van der Waals surface area contributed by atoms with E-state index in [9.17, 15) is 9.59 Å². The van der Waals surface area contributed by atoms with E-state index in [-0.39, 0.29) is 30.1 Å². The van der Waals surface area contributed by atoms with E-state index in [1.165, 1.54) is 6.92 Å². The molecule has 2 rings (SSSR count). The molecular weight excluding hydrogens is 278 g/mol. The first-order chi connectivity index (χ1) is 8.97. The number of Topliss-reactive ketones (excluding diaryl/α,β-unsaturated/α-hetero) is 1. The third kappa shape index (κ3) is 3.84. The lowest BCUT2D eigenvalue weighted by atomic mass is 10.0. The van der Waals surface area contributed by atoms with E-state index in [1.54, 1.807) is 23.9 Å². The van der Waals surface area contributed by atoms with Gasteiger partial charge in [-0.2, -0.15) is 0 Å². The fourth-order valence-electron chi connectivity index (χ4n) is 2.51. The molecule has 112 valence electrons. The Balaban J connectivity index is 0.00000200. The fraction of sp³-hybridized carbons (Fsp3) is 0.571. The Morgan fingerprint density at radius 2 is 2.15 bits per heavy atom. The monoisotopic (exact) mass is 299 g/mol. The van der Waals surface area contributed by atoms with Crippen LogP contribution in [0.1, 0.15) is 47.5 Å². The predicted octanol–water partition coefficient (Wildman–Crippen LogP) is 1.52. The quantitative estimate of drug-likeness (QED) is 0.832. The molecule has 5 nitrogen and oxygen atoms in total. The lowest BCUT2D eigenvalue weighted by Gasteiger charge is -2.28. The van der Waals surface area contributed by atoms with Gasteiger partial charge >= 0.3 is 0 Å². The maximum absolute atomic E-state index is 12.2. The summed E-state index contributed by atoms with van der Waals surface area (Å²) in [7, 11) is 1.78. The van der Waals surface area contributed by atoms with E-state index in [0.29, 0.717) is 17.3 Å². The van der Waals surface area contributed by atoms with Gasteiger partial charge in [0.1, 0.15) is 5.69 Å². The summed E-state index contributed by atoms with van der Waals surface area (Å²) < 4.78 is 1.70. The summed E-state index contributed by atoms with van der Waals surface area (Å²) in [6, 6.07) is 2.29. The summed E-state index contributed by atoms with van der Waals surface area (Å²) in [6.07, 6.45) is 3.58. The molecule has 1 aromatic heterocycles. The van der Waals surface area contributed by atoms with Crippen LogP contribution < -0.4 is 10.6 Å². The number of nitrogens with one attached hydrogen (secondary N) is 2. The normalized spacial score (nSPS) is 21.9. The van der Waals surface area contributed by atoms with Gasteiger partial charge in [0.2, 0.25) is 0 Å². The smallest absolute Gasteiger partial charge is 0.268 e. The van der Waals surface area contributed by atoms with Crippen LogP contribution in [0, 0.1) is 0 Å². The molecule has 2 heterocycles. The van der Waals surface area contributed by atoms with Gasteiger partial charge in [-0.15, -0.1) is 12.4 Å². The van der Waals surface area contributed by atoms with E-state index in [4.69, 9.17) is 0 Å². The van der Waals surface area contributed by atoms with Crippen molar-refractivity contribution in [3.63, 3.8) is 0 Å². The van der Waals surface area contributed by atoms with Crippen molar-refractivity contribution in [1.29, 1.82) is 0 Å². The van der Waals surface area contributed by atoms with E-state index in [1.807, 2.05) is 0 Å². The number of carbonyl (C=O) groups excluding carboxylic acids is 2.